The number of non-ortho nitro benzene ring substituents is 1. The van der Waals surface area contributed by atoms with E-state index in [-0.39, 0.29) is 5.75 Å². The number of nitro groups is 1. The molecule has 0 fully saturated rings. The van der Waals surface area contributed by atoms with Gasteiger partial charge in [0, 0.05) is 22.1 Å². The SMILES string of the molecule is O=C(CSc1ccc(Cl)cc1)Nc1ccc([N+](=O)[O-])cc1C(F)(F)F. The number of benzene rings is 2. The largest absolute Gasteiger partial charge is 0.418 e. The zero-order chi connectivity index (χ0) is 18.6. The van der Waals surface area contributed by atoms with E-state index in [0.29, 0.717) is 11.1 Å². The first-order valence-corrected chi connectivity index (χ1v) is 8.07. The molecular formula is C15H10ClF3N2O3S. The van der Waals surface area contributed by atoms with Gasteiger partial charge in [0.05, 0.1) is 21.9 Å². The van der Waals surface area contributed by atoms with Gasteiger partial charge in [0.15, 0.2) is 0 Å². The van der Waals surface area contributed by atoms with Gasteiger partial charge in [-0.15, -0.1) is 11.8 Å². The molecule has 0 atom stereocenters. The second-order valence-electron chi connectivity index (χ2n) is 4.78. The molecular weight excluding hydrogens is 381 g/mol. The van der Waals surface area contributed by atoms with Crippen molar-refractivity contribution in [2.45, 2.75) is 11.1 Å². The van der Waals surface area contributed by atoms with Gasteiger partial charge < -0.3 is 5.32 Å². The van der Waals surface area contributed by atoms with E-state index in [2.05, 4.69) is 5.32 Å². The van der Waals surface area contributed by atoms with E-state index in [1.165, 1.54) is 0 Å². The lowest BCUT2D eigenvalue weighted by Gasteiger charge is -2.13. The molecule has 0 heterocycles. The van der Waals surface area contributed by atoms with Crippen LogP contribution in [0.5, 0.6) is 0 Å². The summed E-state index contributed by atoms with van der Waals surface area (Å²) in [5, 5.41) is 13.3. The molecule has 0 aromatic heterocycles. The highest BCUT2D eigenvalue weighted by Crippen LogP contribution is 2.37. The minimum Gasteiger partial charge on any atom is -0.325 e. The molecule has 10 heteroatoms. The third-order valence-corrected chi connectivity index (χ3v) is 4.24. The van der Waals surface area contributed by atoms with Crippen LogP contribution in [0.25, 0.3) is 0 Å². The Kier molecular flexibility index (Phi) is 5.91. The zero-order valence-electron chi connectivity index (χ0n) is 12.3. The summed E-state index contributed by atoms with van der Waals surface area (Å²) in [4.78, 5) is 22.3. The van der Waals surface area contributed by atoms with Crippen LogP contribution in [0, 0.1) is 10.1 Å². The van der Waals surface area contributed by atoms with E-state index < -0.39 is 33.9 Å². The Bertz CT molecular complexity index is 798. The molecule has 0 radical (unpaired) electrons. The molecule has 0 aliphatic heterocycles. The number of anilines is 1. The minimum absolute atomic E-state index is 0.129. The molecule has 25 heavy (non-hydrogen) atoms. The molecule has 0 aliphatic carbocycles. The lowest BCUT2D eigenvalue weighted by Crippen LogP contribution is -2.18. The van der Waals surface area contributed by atoms with E-state index in [9.17, 15) is 28.1 Å². The average molecular weight is 391 g/mol. The molecule has 2 aromatic carbocycles. The second kappa shape index (κ2) is 7.75. The number of nitrogens with zero attached hydrogens (tertiary/aromatic N) is 1. The summed E-state index contributed by atoms with van der Waals surface area (Å²) in [6, 6.07) is 8.76. The molecule has 0 saturated carbocycles. The quantitative estimate of drug-likeness (QED) is 0.443. The van der Waals surface area contributed by atoms with Crippen molar-refractivity contribution in [3.8, 4) is 0 Å². The minimum atomic E-state index is -4.84. The van der Waals surface area contributed by atoms with Gasteiger partial charge in [0.25, 0.3) is 5.69 Å². The Balaban J connectivity index is 2.11. The summed E-state index contributed by atoms with van der Waals surface area (Å²) in [5.74, 6) is -0.796. The predicted molar refractivity (Wildman–Crippen MR) is 88.9 cm³/mol. The molecule has 0 unspecified atom stereocenters. The van der Waals surface area contributed by atoms with Gasteiger partial charge in [0.2, 0.25) is 5.91 Å². The van der Waals surface area contributed by atoms with Crippen LogP contribution in [0.2, 0.25) is 5.02 Å². The van der Waals surface area contributed by atoms with Gasteiger partial charge >= 0.3 is 6.18 Å². The number of carbonyl (C=O) groups is 1. The van der Waals surface area contributed by atoms with Crippen LogP contribution in [0.1, 0.15) is 5.56 Å². The number of hydrogen-bond donors (Lipinski definition) is 1. The molecule has 2 rings (SSSR count). The Morgan fingerprint density at radius 3 is 2.40 bits per heavy atom. The van der Waals surface area contributed by atoms with Gasteiger partial charge in [-0.2, -0.15) is 13.2 Å². The Morgan fingerprint density at radius 1 is 1.20 bits per heavy atom. The summed E-state index contributed by atoms with van der Waals surface area (Å²) in [7, 11) is 0. The Morgan fingerprint density at radius 2 is 1.84 bits per heavy atom. The fraction of sp³-hybridized carbons (Fsp3) is 0.133. The summed E-state index contributed by atoms with van der Waals surface area (Å²) in [6.07, 6.45) is -4.84. The normalized spacial score (nSPS) is 11.2. The molecule has 5 nitrogen and oxygen atoms in total. The van der Waals surface area contributed by atoms with Gasteiger partial charge in [-0.3, -0.25) is 14.9 Å². The monoisotopic (exact) mass is 390 g/mol. The maximum atomic E-state index is 13.0. The third-order valence-electron chi connectivity index (χ3n) is 2.98. The smallest absolute Gasteiger partial charge is 0.325 e. The van der Waals surface area contributed by atoms with Crippen molar-refractivity contribution >= 4 is 40.6 Å². The zero-order valence-corrected chi connectivity index (χ0v) is 13.9. The van der Waals surface area contributed by atoms with E-state index in [4.69, 9.17) is 11.6 Å². The third kappa shape index (κ3) is 5.36. The first-order chi connectivity index (χ1) is 11.7. The first-order valence-electron chi connectivity index (χ1n) is 6.70. The number of hydrogen-bond acceptors (Lipinski definition) is 4. The van der Waals surface area contributed by atoms with E-state index >= 15 is 0 Å². The van der Waals surface area contributed by atoms with Crippen LogP contribution >= 0.6 is 23.4 Å². The van der Waals surface area contributed by atoms with Gasteiger partial charge in [-0.25, -0.2) is 0 Å². The van der Waals surface area contributed by atoms with Crippen LogP contribution in [0.15, 0.2) is 47.4 Å². The highest BCUT2D eigenvalue weighted by Gasteiger charge is 2.35. The van der Waals surface area contributed by atoms with Crippen LogP contribution in [0.4, 0.5) is 24.5 Å². The standard InChI is InChI=1S/C15H10ClF3N2O3S/c16-9-1-4-11(5-2-9)25-8-14(22)20-13-6-3-10(21(23)24)7-12(13)15(17,18)19/h1-7H,8H2,(H,20,22). The number of amides is 1. The molecule has 1 N–H and O–H groups in total. The van der Waals surface area contributed by atoms with Gasteiger partial charge in [-0.1, -0.05) is 11.6 Å². The Hall–Kier alpha value is -2.26. The average Bonchev–Trinajstić information content (AvgIpc) is 2.53. The molecule has 2 aromatic rings. The number of nitro benzene ring substituents is 1. The first kappa shape index (κ1) is 19.1. The topological polar surface area (TPSA) is 72.2 Å². The number of alkyl halides is 3. The van der Waals surface area contributed by atoms with E-state index in [0.717, 1.165) is 28.8 Å². The summed E-state index contributed by atoms with van der Waals surface area (Å²) < 4.78 is 39.1. The van der Waals surface area contributed by atoms with Crippen molar-refractivity contribution in [3.63, 3.8) is 0 Å². The van der Waals surface area contributed by atoms with Gasteiger partial charge in [0.1, 0.15) is 0 Å². The van der Waals surface area contributed by atoms with Crippen molar-refractivity contribution in [1.29, 1.82) is 0 Å². The second-order valence-corrected chi connectivity index (χ2v) is 6.26. The fourth-order valence-electron chi connectivity index (χ4n) is 1.86. The number of rotatable bonds is 5. The number of thioether (sulfide) groups is 1. The van der Waals surface area contributed by atoms with Crippen molar-refractivity contribution in [2.75, 3.05) is 11.1 Å². The summed E-state index contributed by atoms with van der Waals surface area (Å²) in [5.41, 5.74) is -2.51. The van der Waals surface area contributed by atoms with Crippen LogP contribution in [0.3, 0.4) is 0 Å². The van der Waals surface area contributed by atoms with Crippen LogP contribution < -0.4 is 5.32 Å². The summed E-state index contributed by atoms with van der Waals surface area (Å²) in [6.45, 7) is 0. The molecule has 1 amide bonds. The van der Waals surface area contributed by atoms with Crippen molar-refractivity contribution in [1.82, 2.24) is 0 Å². The van der Waals surface area contributed by atoms with Gasteiger partial charge in [-0.05, 0) is 30.3 Å². The van der Waals surface area contributed by atoms with E-state index in [1.807, 2.05) is 0 Å². The van der Waals surface area contributed by atoms with Crippen molar-refractivity contribution < 1.29 is 22.9 Å². The lowest BCUT2D eigenvalue weighted by molar-refractivity contribution is -0.385. The van der Waals surface area contributed by atoms with E-state index in [1.54, 1.807) is 24.3 Å². The highest BCUT2D eigenvalue weighted by molar-refractivity contribution is 8.00. The van der Waals surface area contributed by atoms with Crippen LogP contribution in [-0.4, -0.2) is 16.6 Å². The molecule has 0 aliphatic rings. The van der Waals surface area contributed by atoms with Crippen molar-refractivity contribution in [2.24, 2.45) is 0 Å². The number of halogens is 4. The lowest BCUT2D eigenvalue weighted by atomic mass is 10.1. The molecule has 0 saturated heterocycles. The fourth-order valence-corrected chi connectivity index (χ4v) is 2.68. The molecule has 0 spiro atoms. The summed E-state index contributed by atoms with van der Waals surface area (Å²) >= 11 is 6.85. The number of nitrogens with one attached hydrogen (secondary N) is 1. The number of carbonyl (C=O) groups excluding carboxylic acids is 1. The highest BCUT2D eigenvalue weighted by atomic mass is 35.5. The maximum Gasteiger partial charge on any atom is 0.418 e. The molecule has 0 bridgehead atoms. The van der Waals surface area contributed by atoms with Crippen molar-refractivity contribution in [3.05, 3.63) is 63.2 Å². The molecule has 132 valence electrons. The maximum absolute atomic E-state index is 13.0. The predicted octanol–water partition coefficient (Wildman–Crippen LogP) is 5.00. The Labute approximate surface area is 149 Å². The van der Waals surface area contributed by atoms with Crippen LogP contribution in [-0.2, 0) is 11.0 Å².